The van der Waals surface area contributed by atoms with Crippen LogP contribution in [0.4, 0.5) is 5.69 Å². The lowest BCUT2D eigenvalue weighted by Gasteiger charge is -2.29. The highest BCUT2D eigenvalue weighted by Crippen LogP contribution is 2.13. The summed E-state index contributed by atoms with van der Waals surface area (Å²) in [5.41, 5.74) is 2.36. The van der Waals surface area contributed by atoms with Crippen LogP contribution in [0.25, 0.3) is 0 Å². The van der Waals surface area contributed by atoms with E-state index in [1.165, 1.54) is 24.8 Å². The highest BCUT2D eigenvalue weighted by atomic mass is 32.1. The summed E-state index contributed by atoms with van der Waals surface area (Å²) in [6.45, 7) is 4.28. The van der Waals surface area contributed by atoms with Crippen molar-refractivity contribution < 1.29 is 0 Å². The summed E-state index contributed by atoms with van der Waals surface area (Å²) in [6, 6.07) is 8.35. The maximum absolute atomic E-state index is 5.40. The van der Waals surface area contributed by atoms with Gasteiger partial charge in [0.05, 0.1) is 0 Å². The van der Waals surface area contributed by atoms with E-state index in [9.17, 15) is 0 Å². The normalized spacial score (nSPS) is 15.9. The van der Waals surface area contributed by atoms with E-state index in [1.807, 2.05) is 0 Å². The average molecular weight is 234 g/mol. The number of likely N-dealkylation sites (tertiary alicyclic amines) is 1. The van der Waals surface area contributed by atoms with E-state index in [0.717, 1.165) is 23.9 Å². The highest BCUT2D eigenvalue weighted by molar-refractivity contribution is 7.80. The van der Waals surface area contributed by atoms with Crippen molar-refractivity contribution in [1.82, 2.24) is 4.90 Å². The monoisotopic (exact) mass is 234 g/mol. The van der Waals surface area contributed by atoms with Gasteiger partial charge in [0.25, 0.3) is 0 Å². The minimum Gasteiger partial charge on any atom is -0.349 e. The van der Waals surface area contributed by atoms with Gasteiger partial charge >= 0.3 is 0 Å². The predicted molar refractivity (Wildman–Crippen MR) is 72.8 cm³/mol. The molecule has 0 saturated carbocycles. The first kappa shape index (κ1) is 11.4. The number of hydrogen-bond acceptors (Lipinski definition) is 1. The molecule has 86 valence electrons. The number of aryl methyl sites for hydroxylation is 1. The first-order valence-electron chi connectivity index (χ1n) is 5.88. The van der Waals surface area contributed by atoms with Crippen LogP contribution in [0.2, 0.25) is 0 Å². The van der Waals surface area contributed by atoms with Gasteiger partial charge in [0.1, 0.15) is 0 Å². The molecule has 2 nitrogen and oxygen atoms in total. The number of benzene rings is 1. The van der Waals surface area contributed by atoms with Crippen LogP contribution >= 0.6 is 12.2 Å². The molecular formula is C13H18N2S. The van der Waals surface area contributed by atoms with Crippen LogP contribution < -0.4 is 5.32 Å². The van der Waals surface area contributed by atoms with E-state index >= 15 is 0 Å². The van der Waals surface area contributed by atoms with E-state index in [0.29, 0.717) is 0 Å². The molecule has 1 saturated heterocycles. The van der Waals surface area contributed by atoms with Crippen molar-refractivity contribution in [2.75, 3.05) is 18.4 Å². The topological polar surface area (TPSA) is 15.3 Å². The molecule has 0 atom stereocenters. The highest BCUT2D eigenvalue weighted by Gasteiger charge is 2.12. The Kier molecular flexibility index (Phi) is 3.78. The number of rotatable bonds is 1. The first-order chi connectivity index (χ1) is 7.75. The van der Waals surface area contributed by atoms with Crippen LogP contribution in [-0.4, -0.2) is 23.1 Å². The Morgan fingerprint density at radius 1 is 1.12 bits per heavy atom. The summed E-state index contributed by atoms with van der Waals surface area (Å²) in [5.74, 6) is 0. The van der Waals surface area contributed by atoms with Crippen LogP contribution in [0.3, 0.4) is 0 Å². The molecule has 2 rings (SSSR count). The lowest BCUT2D eigenvalue weighted by molar-refractivity contribution is 0.346. The van der Waals surface area contributed by atoms with Crippen LogP contribution in [0.1, 0.15) is 24.8 Å². The zero-order valence-corrected chi connectivity index (χ0v) is 10.5. The summed E-state index contributed by atoms with van der Waals surface area (Å²) < 4.78 is 0. The molecule has 0 spiro atoms. The van der Waals surface area contributed by atoms with E-state index < -0.39 is 0 Å². The first-order valence-corrected chi connectivity index (χ1v) is 6.29. The van der Waals surface area contributed by atoms with Crippen molar-refractivity contribution in [3.8, 4) is 0 Å². The Morgan fingerprint density at radius 3 is 2.38 bits per heavy atom. The van der Waals surface area contributed by atoms with Gasteiger partial charge in [-0.1, -0.05) is 17.7 Å². The summed E-state index contributed by atoms with van der Waals surface area (Å²) >= 11 is 5.40. The summed E-state index contributed by atoms with van der Waals surface area (Å²) in [4.78, 5) is 2.26. The molecule has 1 heterocycles. The van der Waals surface area contributed by atoms with Crippen molar-refractivity contribution in [2.45, 2.75) is 26.2 Å². The fourth-order valence-corrected chi connectivity index (χ4v) is 2.24. The second-order valence-corrected chi connectivity index (χ2v) is 4.73. The second-order valence-electron chi connectivity index (χ2n) is 4.34. The van der Waals surface area contributed by atoms with E-state index in [2.05, 4.69) is 41.4 Å². The third-order valence-corrected chi connectivity index (χ3v) is 3.31. The van der Waals surface area contributed by atoms with Gasteiger partial charge in [-0.2, -0.15) is 0 Å². The van der Waals surface area contributed by atoms with E-state index in [4.69, 9.17) is 12.2 Å². The molecule has 0 bridgehead atoms. The van der Waals surface area contributed by atoms with Crippen LogP contribution in [0.15, 0.2) is 24.3 Å². The smallest absolute Gasteiger partial charge is 0.173 e. The molecule has 1 aromatic rings. The van der Waals surface area contributed by atoms with Gasteiger partial charge in [-0.15, -0.1) is 0 Å². The van der Waals surface area contributed by atoms with Crippen molar-refractivity contribution in [2.24, 2.45) is 0 Å². The average Bonchev–Trinajstić information content (AvgIpc) is 2.33. The van der Waals surface area contributed by atoms with Gasteiger partial charge in [0.2, 0.25) is 0 Å². The molecule has 1 fully saturated rings. The zero-order chi connectivity index (χ0) is 11.4. The Labute approximate surface area is 103 Å². The van der Waals surface area contributed by atoms with Crippen molar-refractivity contribution >= 4 is 23.0 Å². The minimum absolute atomic E-state index is 0.864. The molecule has 0 aromatic heterocycles. The zero-order valence-electron chi connectivity index (χ0n) is 9.70. The lowest BCUT2D eigenvalue weighted by Crippen LogP contribution is -2.38. The molecule has 0 aliphatic carbocycles. The number of anilines is 1. The number of piperidine rings is 1. The fraction of sp³-hybridized carbons (Fsp3) is 0.462. The van der Waals surface area contributed by atoms with Gasteiger partial charge in [-0.3, -0.25) is 0 Å². The SMILES string of the molecule is Cc1ccc(NC(=S)N2CCCCC2)cc1. The van der Waals surface area contributed by atoms with Gasteiger partial charge in [-0.25, -0.2) is 0 Å². The Hall–Kier alpha value is -1.09. The third kappa shape index (κ3) is 2.95. The maximum Gasteiger partial charge on any atom is 0.173 e. The van der Waals surface area contributed by atoms with Crippen LogP contribution in [0.5, 0.6) is 0 Å². The lowest BCUT2D eigenvalue weighted by atomic mass is 10.1. The molecule has 3 heteroatoms. The molecule has 0 radical (unpaired) electrons. The largest absolute Gasteiger partial charge is 0.349 e. The third-order valence-electron chi connectivity index (χ3n) is 2.95. The Morgan fingerprint density at radius 2 is 1.75 bits per heavy atom. The molecule has 1 aromatic carbocycles. The predicted octanol–water partition coefficient (Wildman–Crippen LogP) is 3.18. The van der Waals surface area contributed by atoms with Crippen molar-refractivity contribution in [3.05, 3.63) is 29.8 Å². The summed E-state index contributed by atoms with van der Waals surface area (Å²) in [6.07, 6.45) is 3.86. The van der Waals surface area contributed by atoms with E-state index in [-0.39, 0.29) is 0 Å². The van der Waals surface area contributed by atoms with Crippen molar-refractivity contribution in [1.29, 1.82) is 0 Å². The van der Waals surface area contributed by atoms with Gasteiger partial charge in [0, 0.05) is 18.8 Å². The van der Waals surface area contributed by atoms with Gasteiger partial charge in [-0.05, 0) is 50.5 Å². The minimum atomic E-state index is 0.864. The molecule has 0 amide bonds. The molecular weight excluding hydrogens is 216 g/mol. The number of nitrogens with zero attached hydrogens (tertiary/aromatic N) is 1. The Balaban J connectivity index is 1.93. The Bertz CT molecular complexity index is 353. The van der Waals surface area contributed by atoms with Gasteiger partial charge < -0.3 is 10.2 Å². The number of thiocarbonyl (C=S) groups is 1. The molecule has 16 heavy (non-hydrogen) atoms. The second kappa shape index (κ2) is 5.30. The molecule has 0 unspecified atom stereocenters. The van der Waals surface area contributed by atoms with Crippen LogP contribution in [0, 0.1) is 6.92 Å². The van der Waals surface area contributed by atoms with Crippen LogP contribution in [-0.2, 0) is 0 Å². The van der Waals surface area contributed by atoms with Crippen molar-refractivity contribution in [3.63, 3.8) is 0 Å². The fourth-order valence-electron chi connectivity index (χ4n) is 1.94. The summed E-state index contributed by atoms with van der Waals surface area (Å²) in [5, 5.41) is 4.16. The molecule has 1 aliphatic heterocycles. The summed E-state index contributed by atoms with van der Waals surface area (Å²) in [7, 11) is 0. The number of nitrogens with one attached hydrogen (secondary N) is 1. The molecule has 1 N–H and O–H groups in total. The number of hydrogen-bond donors (Lipinski definition) is 1. The van der Waals surface area contributed by atoms with E-state index in [1.54, 1.807) is 0 Å². The maximum atomic E-state index is 5.40. The standard InChI is InChI=1S/C13H18N2S/c1-11-5-7-12(8-6-11)14-13(16)15-9-3-2-4-10-15/h5-8H,2-4,9-10H2,1H3,(H,14,16). The van der Waals surface area contributed by atoms with Gasteiger partial charge in [0.15, 0.2) is 5.11 Å². The molecule has 1 aliphatic rings. The quantitative estimate of drug-likeness (QED) is 0.751.